The number of pyridine rings is 1. The molecule has 1 heterocycles. The average molecular weight is 238 g/mol. The number of aliphatic hydroxyl groups is 1. The highest BCUT2D eigenvalue weighted by Crippen LogP contribution is 2.16. The molecular formula is C12H18N2O3. The monoisotopic (exact) mass is 238 g/mol. The minimum absolute atomic E-state index is 0.353. The van der Waals surface area contributed by atoms with E-state index in [2.05, 4.69) is 4.98 Å². The van der Waals surface area contributed by atoms with Crippen LogP contribution < -0.4 is 5.73 Å². The first-order chi connectivity index (χ1) is 7.81. The van der Waals surface area contributed by atoms with Gasteiger partial charge in [0.2, 0.25) is 0 Å². The lowest BCUT2D eigenvalue weighted by Gasteiger charge is -2.24. The second-order valence-electron chi connectivity index (χ2n) is 4.76. The van der Waals surface area contributed by atoms with Crippen LogP contribution in [0.3, 0.4) is 0 Å². The van der Waals surface area contributed by atoms with Gasteiger partial charge in [0.15, 0.2) is 0 Å². The Bertz CT molecular complexity index is 373. The maximum atomic E-state index is 11.6. The van der Waals surface area contributed by atoms with Crippen LogP contribution in [-0.4, -0.2) is 27.7 Å². The number of carbonyl (C=O) groups excluding carboxylic acids is 1. The topological polar surface area (TPSA) is 85.4 Å². The fourth-order valence-corrected chi connectivity index (χ4v) is 1.23. The van der Waals surface area contributed by atoms with Gasteiger partial charge in [-0.05, 0) is 32.9 Å². The number of carbonyl (C=O) groups is 1. The van der Waals surface area contributed by atoms with E-state index < -0.39 is 23.7 Å². The molecule has 1 rings (SSSR count). The van der Waals surface area contributed by atoms with Crippen molar-refractivity contribution in [3.8, 4) is 0 Å². The van der Waals surface area contributed by atoms with E-state index in [0.29, 0.717) is 5.69 Å². The third kappa shape index (κ3) is 4.13. The summed E-state index contributed by atoms with van der Waals surface area (Å²) < 4.78 is 5.09. The normalized spacial score (nSPS) is 15.1. The number of nitrogens with two attached hydrogens (primary N) is 1. The summed E-state index contributed by atoms with van der Waals surface area (Å²) in [7, 11) is 0. The van der Waals surface area contributed by atoms with Crippen LogP contribution >= 0.6 is 0 Å². The van der Waals surface area contributed by atoms with Crippen LogP contribution in [0.25, 0.3) is 0 Å². The smallest absolute Gasteiger partial charge is 0.326 e. The predicted octanol–water partition coefficient (Wildman–Crippen LogP) is 0.784. The Morgan fingerprint density at radius 2 is 2.12 bits per heavy atom. The van der Waals surface area contributed by atoms with E-state index in [0.717, 1.165) is 0 Å². The van der Waals surface area contributed by atoms with Crippen LogP contribution in [0.1, 0.15) is 32.6 Å². The first-order valence-electron chi connectivity index (χ1n) is 5.39. The molecule has 0 saturated carbocycles. The highest BCUT2D eigenvalue weighted by atomic mass is 16.6. The lowest BCUT2D eigenvalue weighted by molar-refractivity contribution is -0.159. The molecule has 0 fully saturated rings. The molecule has 0 aliphatic heterocycles. The molecule has 0 amide bonds. The van der Waals surface area contributed by atoms with Gasteiger partial charge in [-0.15, -0.1) is 0 Å². The Labute approximate surface area is 101 Å². The number of aliphatic hydroxyl groups excluding tert-OH is 1. The van der Waals surface area contributed by atoms with Crippen molar-refractivity contribution >= 4 is 5.97 Å². The van der Waals surface area contributed by atoms with E-state index in [9.17, 15) is 9.90 Å². The van der Waals surface area contributed by atoms with Crippen LogP contribution in [0.4, 0.5) is 0 Å². The maximum absolute atomic E-state index is 11.6. The zero-order valence-electron chi connectivity index (χ0n) is 10.3. The van der Waals surface area contributed by atoms with Crippen molar-refractivity contribution in [2.24, 2.45) is 5.73 Å². The van der Waals surface area contributed by atoms with Crippen LogP contribution in [0.5, 0.6) is 0 Å². The lowest BCUT2D eigenvalue weighted by Crippen LogP contribution is -2.41. The molecule has 1 aromatic heterocycles. The number of esters is 1. The van der Waals surface area contributed by atoms with Gasteiger partial charge < -0.3 is 15.6 Å². The Hall–Kier alpha value is -1.46. The predicted molar refractivity (Wildman–Crippen MR) is 63.0 cm³/mol. The number of aromatic nitrogens is 1. The largest absolute Gasteiger partial charge is 0.459 e. The number of rotatable bonds is 3. The van der Waals surface area contributed by atoms with Gasteiger partial charge in [0, 0.05) is 6.20 Å². The van der Waals surface area contributed by atoms with E-state index in [1.165, 1.54) is 6.20 Å². The number of nitrogens with zero attached hydrogens (tertiary/aromatic N) is 1. The molecule has 0 aromatic carbocycles. The minimum Gasteiger partial charge on any atom is -0.459 e. The summed E-state index contributed by atoms with van der Waals surface area (Å²) >= 11 is 0. The Kier molecular flexibility index (Phi) is 4.20. The molecule has 1 aromatic rings. The Morgan fingerprint density at radius 1 is 1.47 bits per heavy atom. The van der Waals surface area contributed by atoms with Crippen LogP contribution in [0, 0.1) is 0 Å². The molecule has 17 heavy (non-hydrogen) atoms. The second kappa shape index (κ2) is 5.25. The van der Waals surface area contributed by atoms with Gasteiger partial charge >= 0.3 is 5.97 Å². The molecule has 0 saturated heterocycles. The van der Waals surface area contributed by atoms with Crippen LogP contribution in [-0.2, 0) is 9.53 Å². The summed E-state index contributed by atoms with van der Waals surface area (Å²) in [6, 6.07) is 3.90. The third-order valence-electron chi connectivity index (χ3n) is 2.01. The maximum Gasteiger partial charge on any atom is 0.326 e. The fourth-order valence-electron chi connectivity index (χ4n) is 1.23. The van der Waals surface area contributed by atoms with E-state index in [4.69, 9.17) is 10.5 Å². The van der Waals surface area contributed by atoms with Gasteiger partial charge in [-0.2, -0.15) is 0 Å². The van der Waals surface area contributed by atoms with Gasteiger partial charge in [0.1, 0.15) is 17.7 Å². The van der Waals surface area contributed by atoms with Crippen molar-refractivity contribution in [1.29, 1.82) is 0 Å². The zero-order chi connectivity index (χ0) is 13.1. The van der Waals surface area contributed by atoms with Crippen molar-refractivity contribution in [3.63, 3.8) is 0 Å². The molecule has 5 nitrogen and oxygen atoms in total. The molecule has 0 spiro atoms. The quantitative estimate of drug-likeness (QED) is 0.760. The molecule has 5 heteroatoms. The average Bonchev–Trinajstić information content (AvgIpc) is 2.26. The SMILES string of the molecule is CC(C)(C)OC(=O)C(N)C(O)c1ccccn1. The Morgan fingerprint density at radius 3 is 2.59 bits per heavy atom. The minimum atomic E-state index is -1.16. The molecule has 0 radical (unpaired) electrons. The molecule has 0 aliphatic carbocycles. The van der Waals surface area contributed by atoms with Crippen LogP contribution in [0.15, 0.2) is 24.4 Å². The first kappa shape index (κ1) is 13.6. The summed E-state index contributed by atoms with van der Waals surface area (Å²) in [5.74, 6) is -0.643. The Balaban J connectivity index is 2.70. The van der Waals surface area contributed by atoms with Gasteiger partial charge in [-0.1, -0.05) is 6.07 Å². The van der Waals surface area contributed by atoms with Crippen molar-refractivity contribution < 1.29 is 14.6 Å². The molecule has 0 aliphatic rings. The van der Waals surface area contributed by atoms with Gasteiger partial charge in [-0.3, -0.25) is 9.78 Å². The molecule has 2 unspecified atom stereocenters. The summed E-state index contributed by atoms with van der Waals surface area (Å²) in [6.07, 6.45) is 0.367. The number of hydrogen-bond acceptors (Lipinski definition) is 5. The second-order valence-corrected chi connectivity index (χ2v) is 4.76. The first-order valence-corrected chi connectivity index (χ1v) is 5.39. The highest BCUT2D eigenvalue weighted by Gasteiger charge is 2.29. The molecule has 2 atom stereocenters. The van der Waals surface area contributed by atoms with E-state index >= 15 is 0 Å². The lowest BCUT2D eigenvalue weighted by atomic mass is 10.1. The van der Waals surface area contributed by atoms with Crippen molar-refractivity contribution in [2.45, 2.75) is 38.5 Å². The number of hydrogen-bond donors (Lipinski definition) is 2. The summed E-state index contributed by atoms with van der Waals surface area (Å²) in [5, 5.41) is 9.87. The fraction of sp³-hybridized carbons (Fsp3) is 0.500. The third-order valence-corrected chi connectivity index (χ3v) is 2.01. The van der Waals surface area contributed by atoms with Crippen molar-refractivity contribution in [3.05, 3.63) is 30.1 Å². The van der Waals surface area contributed by atoms with Gasteiger partial charge in [-0.25, -0.2) is 0 Å². The highest BCUT2D eigenvalue weighted by molar-refractivity contribution is 5.76. The van der Waals surface area contributed by atoms with Gasteiger partial charge in [0.25, 0.3) is 0 Å². The van der Waals surface area contributed by atoms with Crippen molar-refractivity contribution in [1.82, 2.24) is 4.98 Å². The van der Waals surface area contributed by atoms with Gasteiger partial charge in [0.05, 0.1) is 5.69 Å². The van der Waals surface area contributed by atoms with Crippen LogP contribution in [0.2, 0.25) is 0 Å². The number of ether oxygens (including phenoxy) is 1. The molecule has 0 bridgehead atoms. The zero-order valence-corrected chi connectivity index (χ0v) is 10.3. The van der Waals surface area contributed by atoms with E-state index in [1.807, 2.05) is 0 Å². The summed E-state index contributed by atoms with van der Waals surface area (Å²) in [4.78, 5) is 15.6. The molecule has 3 N–H and O–H groups in total. The molecule has 94 valence electrons. The van der Waals surface area contributed by atoms with Crippen molar-refractivity contribution in [2.75, 3.05) is 0 Å². The molecular weight excluding hydrogens is 220 g/mol. The summed E-state index contributed by atoms with van der Waals surface area (Å²) in [6.45, 7) is 5.22. The van der Waals surface area contributed by atoms with E-state index in [1.54, 1.807) is 39.0 Å². The van der Waals surface area contributed by atoms with E-state index in [-0.39, 0.29) is 0 Å². The summed E-state index contributed by atoms with van der Waals surface area (Å²) in [5.41, 5.74) is 5.36. The standard InChI is InChI=1S/C12H18N2O3/c1-12(2,3)17-11(16)9(13)10(15)8-6-4-5-7-14-8/h4-7,9-10,15H,13H2,1-3H3.